The molecule has 1 aliphatic rings. The third-order valence-corrected chi connectivity index (χ3v) is 5.54. The van der Waals surface area contributed by atoms with Crippen LogP contribution in [-0.2, 0) is 13.0 Å². The fraction of sp³-hybridized carbons (Fsp3) is 0.526. The summed E-state index contributed by atoms with van der Waals surface area (Å²) in [5.74, 6) is 1.11. The molecule has 1 unspecified atom stereocenters. The van der Waals surface area contributed by atoms with Crippen molar-refractivity contribution in [1.82, 2.24) is 9.47 Å². The van der Waals surface area contributed by atoms with E-state index in [4.69, 9.17) is 4.74 Å². The number of aromatic nitrogens is 1. The van der Waals surface area contributed by atoms with Crippen LogP contribution < -0.4 is 9.61 Å². The van der Waals surface area contributed by atoms with Crippen LogP contribution in [0.1, 0.15) is 37.7 Å². The highest BCUT2D eigenvalue weighted by Crippen LogP contribution is 2.28. The van der Waals surface area contributed by atoms with E-state index in [2.05, 4.69) is 30.1 Å². The van der Waals surface area contributed by atoms with Crippen LogP contribution in [0, 0.1) is 0 Å². The van der Waals surface area contributed by atoms with Crippen LogP contribution in [0.15, 0.2) is 34.4 Å². The van der Waals surface area contributed by atoms with E-state index in [0.717, 1.165) is 62.2 Å². The molecule has 0 amide bonds. The summed E-state index contributed by atoms with van der Waals surface area (Å²) >= 11 is 1.05. The third kappa shape index (κ3) is 4.64. The van der Waals surface area contributed by atoms with Gasteiger partial charge in [-0.15, -0.1) is 0 Å². The largest absolute Gasteiger partial charge is 0.494 e. The van der Waals surface area contributed by atoms with Gasteiger partial charge in [-0.1, -0.05) is 42.4 Å². The lowest BCUT2D eigenvalue weighted by molar-refractivity contribution is 0.0269. The lowest BCUT2D eigenvalue weighted by atomic mass is 10.0. The summed E-state index contributed by atoms with van der Waals surface area (Å²) in [7, 11) is 2.13. The molecule has 1 aromatic heterocycles. The summed E-state index contributed by atoms with van der Waals surface area (Å²) in [6.07, 6.45) is 6.48. The van der Waals surface area contributed by atoms with E-state index in [1.807, 2.05) is 6.07 Å². The highest BCUT2D eigenvalue weighted by Gasteiger charge is 2.22. The standard InChI is InChI=1S/C19H26N2O3S/c1-20(18-11-10-15-8-4-5-9-16(15)24-18)12-6-2-3-7-13-21-17(22)14-25-19(21)23/h4-5,8-9,14,18,22H,2-3,6-7,10-13H2,1H3. The normalized spacial score (nSPS) is 16.6. The fourth-order valence-electron chi connectivity index (χ4n) is 3.28. The first-order valence-electron chi connectivity index (χ1n) is 8.97. The van der Waals surface area contributed by atoms with Crippen LogP contribution in [-0.4, -0.2) is 34.4 Å². The Bertz CT molecular complexity index is 740. The van der Waals surface area contributed by atoms with Gasteiger partial charge in [0.2, 0.25) is 5.88 Å². The van der Waals surface area contributed by atoms with E-state index in [9.17, 15) is 9.90 Å². The monoisotopic (exact) mass is 362 g/mol. The van der Waals surface area contributed by atoms with Gasteiger partial charge in [-0.05, 0) is 37.9 Å². The molecule has 1 aliphatic heterocycles. The second-order valence-corrected chi connectivity index (χ2v) is 7.45. The van der Waals surface area contributed by atoms with Crippen molar-refractivity contribution in [3.05, 3.63) is 44.9 Å². The quantitative estimate of drug-likeness (QED) is 0.731. The molecule has 2 heterocycles. The SMILES string of the molecule is CN(CCCCCCn1c(O)csc1=O)C1CCc2ccccc2O1. The van der Waals surface area contributed by atoms with Gasteiger partial charge in [0.25, 0.3) is 0 Å². The first-order chi connectivity index (χ1) is 12.1. The van der Waals surface area contributed by atoms with Gasteiger partial charge in [-0.2, -0.15) is 0 Å². The van der Waals surface area contributed by atoms with Crippen molar-refractivity contribution >= 4 is 11.3 Å². The third-order valence-electron chi connectivity index (χ3n) is 4.79. The molecule has 6 heteroatoms. The molecule has 136 valence electrons. The predicted molar refractivity (Wildman–Crippen MR) is 101 cm³/mol. The van der Waals surface area contributed by atoms with Gasteiger partial charge in [-0.3, -0.25) is 14.3 Å². The minimum Gasteiger partial charge on any atom is -0.494 e. The minimum absolute atomic E-state index is 0.0769. The lowest BCUT2D eigenvalue weighted by Gasteiger charge is -2.32. The molecule has 0 saturated carbocycles. The van der Waals surface area contributed by atoms with Crippen LogP contribution in [0.25, 0.3) is 0 Å². The second-order valence-electron chi connectivity index (χ2n) is 6.63. The van der Waals surface area contributed by atoms with Crippen molar-refractivity contribution in [3.63, 3.8) is 0 Å². The molecule has 0 radical (unpaired) electrons. The maximum Gasteiger partial charge on any atom is 0.309 e. The van der Waals surface area contributed by atoms with Crippen molar-refractivity contribution in [1.29, 1.82) is 0 Å². The van der Waals surface area contributed by atoms with Gasteiger partial charge in [-0.25, -0.2) is 0 Å². The van der Waals surface area contributed by atoms with Gasteiger partial charge in [0.05, 0.1) is 5.38 Å². The Morgan fingerprint density at radius 2 is 2.08 bits per heavy atom. The Hall–Kier alpha value is -1.79. The fourth-order valence-corrected chi connectivity index (χ4v) is 3.92. The average Bonchev–Trinajstić information content (AvgIpc) is 2.95. The molecule has 1 N–H and O–H groups in total. The molecule has 1 atom stereocenters. The zero-order valence-corrected chi connectivity index (χ0v) is 15.5. The highest BCUT2D eigenvalue weighted by atomic mass is 32.1. The summed E-state index contributed by atoms with van der Waals surface area (Å²) in [5, 5.41) is 11.1. The zero-order chi connectivity index (χ0) is 17.6. The number of para-hydroxylation sites is 1. The molecule has 0 saturated heterocycles. The number of unbranched alkanes of at least 4 members (excludes halogenated alkanes) is 3. The van der Waals surface area contributed by atoms with Crippen LogP contribution in [0.4, 0.5) is 0 Å². The van der Waals surface area contributed by atoms with Crippen LogP contribution in [0.5, 0.6) is 11.6 Å². The van der Waals surface area contributed by atoms with E-state index in [1.54, 1.807) is 0 Å². The summed E-state index contributed by atoms with van der Waals surface area (Å²) in [6.45, 7) is 1.61. The molecule has 1 aromatic carbocycles. The summed E-state index contributed by atoms with van der Waals surface area (Å²) in [4.78, 5) is 13.7. The van der Waals surface area contributed by atoms with E-state index in [0.29, 0.717) is 6.54 Å². The highest BCUT2D eigenvalue weighted by molar-refractivity contribution is 7.07. The van der Waals surface area contributed by atoms with Crippen molar-refractivity contribution < 1.29 is 9.84 Å². The van der Waals surface area contributed by atoms with Crippen molar-refractivity contribution in [2.24, 2.45) is 0 Å². The Labute approximate surface area is 152 Å². The van der Waals surface area contributed by atoms with Crippen molar-refractivity contribution in [2.45, 2.75) is 51.3 Å². The predicted octanol–water partition coefficient (Wildman–Crippen LogP) is 3.46. The number of hydrogen-bond acceptors (Lipinski definition) is 5. The maximum absolute atomic E-state index is 11.5. The van der Waals surface area contributed by atoms with E-state index in [-0.39, 0.29) is 17.0 Å². The van der Waals surface area contributed by atoms with Crippen LogP contribution in [0.3, 0.4) is 0 Å². The molecule has 3 rings (SSSR count). The van der Waals surface area contributed by atoms with Gasteiger partial charge >= 0.3 is 4.87 Å². The van der Waals surface area contributed by atoms with E-state index < -0.39 is 0 Å². The zero-order valence-electron chi connectivity index (χ0n) is 14.7. The van der Waals surface area contributed by atoms with Crippen LogP contribution >= 0.6 is 11.3 Å². The molecule has 0 spiro atoms. The van der Waals surface area contributed by atoms with Crippen LogP contribution in [0.2, 0.25) is 0 Å². The number of hydrogen-bond donors (Lipinski definition) is 1. The Morgan fingerprint density at radius 1 is 1.28 bits per heavy atom. The maximum atomic E-state index is 11.5. The Kier molecular flexibility index (Phi) is 6.15. The van der Waals surface area contributed by atoms with Crippen molar-refractivity contribution in [2.75, 3.05) is 13.6 Å². The summed E-state index contributed by atoms with van der Waals surface area (Å²) in [5.41, 5.74) is 1.30. The number of rotatable bonds is 8. The number of thiazole rings is 1. The molecule has 0 bridgehead atoms. The van der Waals surface area contributed by atoms with Gasteiger partial charge in [0, 0.05) is 19.5 Å². The second kappa shape index (κ2) is 8.54. The Morgan fingerprint density at radius 3 is 2.88 bits per heavy atom. The number of aryl methyl sites for hydroxylation is 1. The van der Waals surface area contributed by atoms with Gasteiger partial charge in [0.1, 0.15) is 5.75 Å². The molecular formula is C19H26N2O3S. The number of aromatic hydroxyl groups is 1. The van der Waals surface area contributed by atoms with Gasteiger partial charge < -0.3 is 9.84 Å². The smallest absolute Gasteiger partial charge is 0.309 e. The first-order valence-corrected chi connectivity index (χ1v) is 9.85. The molecule has 2 aromatic rings. The van der Waals surface area contributed by atoms with Gasteiger partial charge in [0.15, 0.2) is 6.23 Å². The van der Waals surface area contributed by atoms with E-state index >= 15 is 0 Å². The molecule has 5 nitrogen and oxygen atoms in total. The molecule has 25 heavy (non-hydrogen) atoms. The molecule has 0 fully saturated rings. The number of nitrogens with zero attached hydrogens (tertiary/aromatic N) is 2. The molecule has 0 aliphatic carbocycles. The minimum atomic E-state index is -0.0769. The lowest BCUT2D eigenvalue weighted by Crippen LogP contribution is -2.39. The summed E-state index contributed by atoms with van der Waals surface area (Å²) < 4.78 is 7.56. The molecular weight excluding hydrogens is 336 g/mol. The topological polar surface area (TPSA) is 54.7 Å². The summed E-state index contributed by atoms with van der Waals surface area (Å²) in [6, 6.07) is 8.28. The Balaban J connectivity index is 1.33. The number of fused-ring (bicyclic) bond motifs is 1. The average molecular weight is 362 g/mol. The first kappa shape index (κ1) is 18.0. The van der Waals surface area contributed by atoms with Crippen molar-refractivity contribution in [3.8, 4) is 11.6 Å². The van der Waals surface area contributed by atoms with E-state index in [1.165, 1.54) is 15.5 Å². The number of benzene rings is 1. The number of ether oxygens (including phenoxy) is 1.